The van der Waals surface area contributed by atoms with Gasteiger partial charge in [-0.3, -0.25) is 4.79 Å². The van der Waals surface area contributed by atoms with Crippen molar-refractivity contribution in [3.05, 3.63) is 39.1 Å². The number of carbonyl (C=O) groups excluding carboxylic acids is 1. The summed E-state index contributed by atoms with van der Waals surface area (Å²) < 4.78 is 6.11. The molecule has 1 aromatic heterocycles. The molecule has 1 aromatic carbocycles. The lowest BCUT2D eigenvalue weighted by Gasteiger charge is -2.27. The van der Waals surface area contributed by atoms with E-state index in [1.54, 1.807) is 19.1 Å². The summed E-state index contributed by atoms with van der Waals surface area (Å²) in [5.74, 6) is 0.322. The number of amides is 1. The highest BCUT2D eigenvalue weighted by atomic mass is 79.9. The van der Waals surface area contributed by atoms with Crippen molar-refractivity contribution in [2.75, 3.05) is 12.3 Å². The van der Waals surface area contributed by atoms with Gasteiger partial charge < -0.3 is 20.9 Å². The molecule has 0 saturated heterocycles. The van der Waals surface area contributed by atoms with Gasteiger partial charge in [0.2, 0.25) is 5.95 Å². The molecule has 1 amide bonds. The second kappa shape index (κ2) is 6.27. The van der Waals surface area contributed by atoms with Gasteiger partial charge in [-0.25, -0.2) is 9.97 Å². The fraction of sp³-hybridized carbons (Fsp3) is 0.312. The van der Waals surface area contributed by atoms with Gasteiger partial charge in [0.15, 0.2) is 11.5 Å². The molecule has 2 heterocycles. The van der Waals surface area contributed by atoms with Crippen LogP contribution >= 0.6 is 15.9 Å². The van der Waals surface area contributed by atoms with Crippen LogP contribution in [0.15, 0.2) is 16.6 Å². The van der Waals surface area contributed by atoms with Crippen molar-refractivity contribution in [3.63, 3.8) is 0 Å². The monoisotopic (exact) mass is 392 g/mol. The van der Waals surface area contributed by atoms with Crippen molar-refractivity contribution >= 4 is 27.8 Å². The molecule has 1 aliphatic heterocycles. The summed E-state index contributed by atoms with van der Waals surface area (Å²) in [6, 6.07) is 2.96. The van der Waals surface area contributed by atoms with Crippen LogP contribution in [0.25, 0.3) is 0 Å². The number of aromatic nitrogens is 2. The van der Waals surface area contributed by atoms with E-state index in [1.165, 1.54) is 0 Å². The third-order valence-corrected chi connectivity index (χ3v) is 4.55. The molecule has 7 nitrogen and oxygen atoms in total. The van der Waals surface area contributed by atoms with Crippen LogP contribution in [0.2, 0.25) is 0 Å². The number of fused-ring (bicyclic) bond motifs is 1. The lowest BCUT2D eigenvalue weighted by atomic mass is 9.94. The van der Waals surface area contributed by atoms with E-state index in [-0.39, 0.29) is 23.6 Å². The molecule has 0 spiro atoms. The Kier molecular flexibility index (Phi) is 4.31. The number of carbonyl (C=O) groups is 1. The van der Waals surface area contributed by atoms with Crippen LogP contribution < -0.4 is 15.8 Å². The molecule has 4 N–H and O–H groups in total. The Morgan fingerprint density at radius 1 is 1.46 bits per heavy atom. The van der Waals surface area contributed by atoms with Crippen molar-refractivity contribution in [2.24, 2.45) is 0 Å². The van der Waals surface area contributed by atoms with Crippen molar-refractivity contribution < 1.29 is 14.6 Å². The van der Waals surface area contributed by atoms with Crippen LogP contribution in [0.3, 0.4) is 0 Å². The fourth-order valence-corrected chi connectivity index (χ4v) is 3.47. The van der Waals surface area contributed by atoms with Gasteiger partial charge in [0.05, 0.1) is 29.6 Å². The summed E-state index contributed by atoms with van der Waals surface area (Å²) >= 11 is 3.43. The number of aromatic hydroxyl groups is 1. The lowest BCUT2D eigenvalue weighted by Crippen LogP contribution is -2.37. The summed E-state index contributed by atoms with van der Waals surface area (Å²) in [7, 11) is 0. The average Bonchev–Trinajstić information content (AvgIpc) is 2.48. The number of halogens is 1. The molecular formula is C16H17BrN4O3. The number of hydrogen-bond donors (Lipinski definition) is 3. The van der Waals surface area contributed by atoms with Crippen LogP contribution in [-0.2, 0) is 6.42 Å². The van der Waals surface area contributed by atoms with E-state index in [2.05, 4.69) is 31.2 Å². The molecule has 2 aromatic rings. The van der Waals surface area contributed by atoms with Gasteiger partial charge in [-0.05, 0) is 31.5 Å². The first kappa shape index (κ1) is 16.5. The zero-order valence-electron chi connectivity index (χ0n) is 13.3. The minimum atomic E-state index is -0.312. The van der Waals surface area contributed by atoms with Gasteiger partial charge in [-0.2, -0.15) is 0 Å². The predicted molar refractivity (Wildman–Crippen MR) is 92.1 cm³/mol. The number of nitrogens with one attached hydrogen (secondary N) is 1. The number of nitrogen functional groups attached to an aromatic ring is 1. The maximum atomic E-state index is 12.5. The molecule has 126 valence electrons. The number of nitrogens with zero attached hydrogens (tertiary/aromatic N) is 2. The lowest BCUT2D eigenvalue weighted by molar-refractivity contribution is 0.0922. The first-order chi connectivity index (χ1) is 11.4. The molecule has 1 aliphatic rings. The Balaban J connectivity index is 2.03. The number of rotatable bonds is 3. The molecule has 0 fully saturated rings. The number of aryl methyl sites for hydroxylation is 1. The SMILES string of the molecule is CCOc1cc([C@H]2Cc3nc(N)nc(C)c3C(=O)N2)c(Br)cc1O. The summed E-state index contributed by atoms with van der Waals surface area (Å²) in [5, 5.41) is 12.9. The third kappa shape index (κ3) is 2.89. The predicted octanol–water partition coefficient (Wildman–Crippen LogP) is 2.26. The second-order valence-corrected chi connectivity index (χ2v) is 6.35. The van der Waals surface area contributed by atoms with Gasteiger partial charge >= 0.3 is 0 Å². The Hall–Kier alpha value is -2.35. The number of phenolic OH excluding ortho intramolecular Hbond substituents is 1. The van der Waals surface area contributed by atoms with Crippen molar-refractivity contribution in [1.29, 1.82) is 0 Å². The van der Waals surface area contributed by atoms with Crippen LogP contribution in [-0.4, -0.2) is 27.6 Å². The Bertz CT molecular complexity index is 825. The quantitative estimate of drug-likeness (QED) is 0.738. The van der Waals surface area contributed by atoms with E-state index in [1.807, 2.05) is 6.92 Å². The zero-order chi connectivity index (χ0) is 17.4. The molecule has 24 heavy (non-hydrogen) atoms. The average molecular weight is 393 g/mol. The summed E-state index contributed by atoms with van der Waals surface area (Å²) in [4.78, 5) is 20.7. The van der Waals surface area contributed by atoms with E-state index in [4.69, 9.17) is 10.5 Å². The number of phenols is 1. The van der Waals surface area contributed by atoms with E-state index in [0.717, 1.165) is 5.56 Å². The molecular weight excluding hydrogens is 376 g/mol. The van der Waals surface area contributed by atoms with Gasteiger partial charge in [0.25, 0.3) is 5.91 Å². The second-order valence-electron chi connectivity index (χ2n) is 5.49. The van der Waals surface area contributed by atoms with E-state index in [0.29, 0.717) is 40.2 Å². The molecule has 0 aliphatic carbocycles. The number of benzene rings is 1. The minimum Gasteiger partial charge on any atom is -0.504 e. The molecule has 0 bridgehead atoms. The maximum Gasteiger partial charge on any atom is 0.255 e. The van der Waals surface area contributed by atoms with Gasteiger partial charge in [0.1, 0.15) is 0 Å². The Morgan fingerprint density at radius 2 is 2.21 bits per heavy atom. The normalized spacial score (nSPS) is 16.5. The van der Waals surface area contributed by atoms with Gasteiger partial charge in [-0.1, -0.05) is 15.9 Å². The molecule has 0 unspecified atom stereocenters. The van der Waals surface area contributed by atoms with Crippen molar-refractivity contribution in [2.45, 2.75) is 26.3 Å². The molecule has 0 saturated carbocycles. The molecule has 1 atom stereocenters. The first-order valence-electron chi connectivity index (χ1n) is 7.49. The number of hydrogen-bond acceptors (Lipinski definition) is 6. The van der Waals surface area contributed by atoms with E-state index in [9.17, 15) is 9.90 Å². The van der Waals surface area contributed by atoms with Crippen LogP contribution in [0.5, 0.6) is 11.5 Å². The van der Waals surface area contributed by atoms with Crippen LogP contribution in [0, 0.1) is 6.92 Å². The molecule has 3 rings (SSSR count). The van der Waals surface area contributed by atoms with Crippen molar-refractivity contribution in [1.82, 2.24) is 15.3 Å². The first-order valence-corrected chi connectivity index (χ1v) is 8.29. The third-order valence-electron chi connectivity index (χ3n) is 3.87. The van der Waals surface area contributed by atoms with Crippen LogP contribution in [0.4, 0.5) is 5.95 Å². The molecule has 0 radical (unpaired) electrons. The van der Waals surface area contributed by atoms with Gasteiger partial charge in [0, 0.05) is 10.9 Å². The van der Waals surface area contributed by atoms with Crippen molar-refractivity contribution in [3.8, 4) is 11.5 Å². The highest BCUT2D eigenvalue weighted by Crippen LogP contribution is 2.38. The zero-order valence-corrected chi connectivity index (χ0v) is 14.8. The summed E-state index contributed by atoms with van der Waals surface area (Å²) in [6.07, 6.45) is 0.476. The standard InChI is InChI=1S/C16H17BrN4O3/c1-3-24-13-4-8(9(17)5-12(13)22)10-6-11-14(15(23)20-10)7(2)19-16(18)21-11/h4-5,10,22H,3,6H2,1-2H3,(H,20,23)(H2,18,19,21)/t10-/m1/s1. The Morgan fingerprint density at radius 3 is 2.92 bits per heavy atom. The topological polar surface area (TPSA) is 110 Å². The summed E-state index contributed by atoms with van der Waals surface area (Å²) in [6.45, 7) is 4.00. The highest BCUT2D eigenvalue weighted by molar-refractivity contribution is 9.10. The van der Waals surface area contributed by atoms with Gasteiger partial charge in [-0.15, -0.1) is 0 Å². The fourth-order valence-electron chi connectivity index (χ4n) is 2.86. The maximum absolute atomic E-state index is 12.5. The summed E-state index contributed by atoms with van der Waals surface area (Å²) in [5.41, 5.74) is 8.16. The Labute approximate surface area is 147 Å². The van der Waals surface area contributed by atoms with Crippen LogP contribution in [0.1, 0.15) is 40.3 Å². The highest BCUT2D eigenvalue weighted by Gasteiger charge is 2.30. The number of nitrogens with two attached hydrogens (primary N) is 1. The van der Waals surface area contributed by atoms with E-state index < -0.39 is 0 Å². The van der Waals surface area contributed by atoms with E-state index >= 15 is 0 Å². The number of anilines is 1. The molecule has 8 heteroatoms. The smallest absolute Gasteiger partial charge is 0.255 e. The minimum absolute atomic E-state index is 0.0393. The largest absolute Gasteiger partial charge is 0.504 e. The number of ether oxygens (including phenoxy) is 1.